The van der Waals surface area contributed by atoms with Gasteiger partial charge >= 0.3 is 13.6 Å². The molecular weight excluding hydrogens is 427 g/mol. The summed E-state index contributed by atoms with van der Waals surface area (Å²) in [6.07, 6.45) is 1.87. The van der Waals surface area contributed by atoms with E-state index in [0.29, 0.717) is 35.8 Å². The van der Waals surface area contributed by atoms with Crippen LogP contribution in [0.25, 0.3) is 0 Å². The Morgan fingerprint density at radius 1 is 1.10 bits per heavy atom. The molecule has 0 spiro atoms. The highest BCUT2D eigenvalue weighted by molar-refractivity contribution is 7.54. The summed E-state index contributed by atoms with van der Waals surface area (Å²) in [4.78, 5) is 11.1. The monoisotopic (exact) mass is 452 g/mol. The topological polar surface area (TPSA) is 71.1 Å². The van der Waals surface area contributed by atoms with Gasteiger partial charge in [0.15, 0.2) is 0 Å². The summed E-state index contributed by atoms with van der Waals surface area (Å²) in [5, 5.41) is 0.358. The summed E-state index contributed by atoms with van der Waals surface area (Å²) in [5.41, 5.74) is 0.938. The summed E-state index contributed by atoms with van der Waals surface area (Å²) in [5.74, 6) is 0.454. The Bertz CT molecular complexity index is 918. The summed E-state index contributed by atoms with van der Waals surface area (Å²) < 4.78 is 36.4. The highest BCUT2D eigenvalue weighted by Crippen LogP contribution is 2.51. The molecule has 3 atom stereocenters. The normalized spacial score (nSPS) is 20.4. The predicted molar refractivity (Wildman–Crippen MR) is 115 cm³/mol. The van der Waals surface area contributed by atoms with Crippen molar-refractivity contribution in [3.05, 3.63) is 59.1 Å². The molecule has 0 N–H and O–H groups in total. The van der Waals surface area contributed by atoms with Crippen LogP contribution in [0, 0.1) is 0 Å². The molecule has 1 aliphatic rings. The Morgan fingerprint density at radius 2 is 1.77 bits per heavy atom. The van der Waals surface area contributed by atoms with E-state index in [2.05, 4.69) is 0 Å². The van der Waals surface area contributed by atoms with E-state index in [1.54, 1.807) is 30.3 Å². The van der Waals surface area contributed by atoms with Gasteiger partial charge in [0, 0.05) is 13.3 Å². The van der Waals surface area contributed by atoms with Gasteiger partial charge in [0.1, 0.15) is 11.5 Å². The minimum absolute atomic E-state index is 0.133. The molecule has 1 saturated heterocycles. The van der Waals surface area contributed by atoms with Gasteiger partial charge in [-0.25, -0.2) is 4.57 Å². The van der Waals surface area contributed by atoms with Crippen LogP contribution in [0.3, 0.4) is 0 Å². The zero-order valence-electron chi connectivity index (χ0n) is 17.1. The van der Waals surface area contributed by atoms with Crippen LogP contribution in [-0.4, -0.2) is 24.5 Å². The molecule has 0 radical (unpaired) electrons. The number of para-hydroxylation sites is 2. The number of hydrogen-bond donors (Lipinski definition) is 0. The maximum atomic E-state index is 13.7. The van der Waals surface area contributed by atoms with Crippen LogP contribution < -0.4 is 9.05 Å². The number of hydrogen-bond acceptors (Lipinski definition) is 6. The Labute approximate surface area is 182 Å². The average molecular weight is 453 g/mol. The number of rotatable bonds is 9. The van der Waals surface area contributed by atoms with E-state index in [9.17, 15) is 9.36 Å². The number of ether oxygens (including phenoxy) is 2. The lowest BCUT2D eigenvalue weighted by Gasteiger charge is -2.23. The molecule has 0 bridgehead atoms. The standard InChI is InChI=1S/C22H26ClO6P/c1-3-17-8-4-6-10-20(17)28-30(25,29-21-11-7-5-9-19(21)23)15-14-18-12-13-22(27-18)26-16(2)24/h4-11,18,22H,3,12-15H2,1-2H3. The van der Waals surface area contributed by atoms with E-state index in [-0.39, 0.29) is 18.2 Å². The summed E-state index contributed by atoms with van der Waals surface area (Å²) >= 11 is 6.21. The third-order valence-corrected chi connectivity index (χ3v) is 6.82. The van der Waals surface area contributed by atoms with E-state index in [1.807, 2.05) is 25.1 Å². The molecule has 162 valence electrons. The molecular formula is C22H26ClO6P. The van der Waals surface area contributed by atoms with Crippen LogP contribution in [0.5, 0.6) is 11.5 Å². The van der Waals surface area contributed by atoms with E-state index in [4.69, 9.17) is 30.1 Å². The largest absolute Gasteiger partial charge is 0.436 e. The van der Waals surface area contributed by atoms with Crippen molar-refractivity contribution in [3.63, 3.8) is 0 Å². The van der Waals surface area contributed by atoms with Gasteiger partial charge in [-0.2, -0.15) is 0 Å². The van der Waals surface area contributed by atoms with Crippen molar-refractivity contribution in [2.45, 2.75) is 51.9 Å². The number of benzene rings is 2. The molecule has 0 aliphatic carbocycles. The number of aryl methyl sites for hydroxylation is 1. The van der Waals surface area contributed by atoms with Crippen molar-refractivity contribution in [1.29, 1.82) is 0 Å². The Morgan fingerprint density at radius 3 is 2.47 bits per heavy atom. The minimum atomic E-state index is -3.60. The van der Waals surface area contributed by atoms with Crippen molar-refractivity contribution >= 4 is 25.2 Å². The second-order valence-corrected chi connectivity index (χ2v) is 9.51. The summed E-state index contributed by atoms with van der Waals surface area (Å²) in [6.45, 7) is 3.35. The van der Waals surface area contributed by atoms with E-state index in [1.165, 1.54) is 6.92 Å². The lowest BCUT2D eigenvalue weighted by atomic mass is 10.1. The van der Waals surface area contributed by atoms with Gasteiger partial charge in [-0.1, -0.05) is 48.9 Å². The van der Waals surface area contributed by atoms with Crippen LogP contribution in [0.15, 0.2) is 48.5 Å². The maximum Gasteiger partial charge on any atom is 0.430 e. The van der Waals surface area contributed by atoms with Crippen LogP contribution in [0.1, 0.15) is 38.7 Å². The predicted octanol–water partition coefficient (Wildman–Crippen LogP) is 6.01. The van der Waals surface area contributed by atoms with Crippen molar-refractivity contribution < 1.29 is 27.9 Å². The van der Waals surface area contributed by atoms with E-state index in [0.717, 1.165) is 12.0 Å². The van der Waals surface area contributed by atoms with Crippen LogP contribution in [0.2, 0.25) is 5.02 Å². The van der Waals surface area contributed by atoms with Gasteiger partial charge < -0.3 is 18.5 Å². The molecule has 3 rings (SSSR count). The maximum absolute atomic E-state index is 13.7. The molecule has 1 fully saturated rings. The zero-order valence-corrected chi connectivity index (χ0v) is 18.7. The number of halogens is 1. The molecule has 0 aromatic heterocycles. The number of carbonyl (C=O) groups excluding carboxylic acids is 1. The second kappa shape index (κ2) is 10.3. The van der Waals surface area contributed by atoms with Gasteiger partial charge in [0.2, 0.25) is 6.29 Å². The van der Waals surface area contributed by atoms with Crippen molar-refractivity contribution in [3.8, 4) is 11.5 Å². The molecule has 0 saturated carbocycles. The third kappa shape index (κ3) is 6.24. The zero-order chi connectivity index (χ0) is 21.6. The smallest absolute Gasteiger partial charge is 0.430 e. The fourth-order valence-corrected chi connectivity index (χ4v) is 5.26. The van der Waals surface area contributed by atoms with Crippen molar-refractivity contribution in [1.82, 2.24) is 0 Å². The lowest BCUT2D eigenvalue weighted by molar-refractivity contribution is -0.172. The summed E-state index contributed by atoms with van der Waals surface area (Å²) in [6, 6.07) is 14.3. The highest BCUT2D eigenvalue weighted by atomic mass is 35.5. The van der Waals surface area contributed by atoms with Crippen LogP contribution >= 0.6 is 19.2 Å². The van der Waals surface area contributed by atoms with E-state index < -0.39 is 13.9 Å². The number of carbonyl (C=O) groups is 1. The van der Waals surface area contributed by atoms with Crippen molar-refractivity contribution in [2.24, 2.45) is 0 Å². The Hall–Kier alpha value is -2.01. The van der Waals surface area contributed by atoms with Gasteiger partial charge in [-0.15, -0.1) is 0 Å². The molecule has 2 aromatic carbocycles. The Balaban J connectivity index is 1.75. The molecule has 8 heteroatoms. The third-order valence-electron chi connectivity index (χ3n) is 4.76. The van der Waals surface area contributed by atoms with Crippen LogP contribution in [0.4, 0.5) is 0 Å². The fourth-order valence-electron chi connectivity index (χ4n) is 3.27. The lowest BCUT2D eigenvalue weighted by Crippen LogP contribution is -2.18. The first-order chi connectivity index (χ1) is 14.4. The SMILES string of the molecule is CCc1ccccc1OP(=O)(CCC1CCC(OC(C)=O)O1)Oc1ccccc1Cl. The second-order valence-electron chi connectivity index (χ2n) is 7.07. The fraction of sp³-hybridized carbons (Fsp3) is 0.409. The first-order valence-electron chi connectivity index (χ1n) is 10.0. The summed E-state index contributed by atoms with van der Waals surface area (Å²) in [7, 11) is -3.60. The van der Waals surface area contributed by atoms with Crippen molar-refractivity contribution in [2.75, 3.05) is 6.16 Å². The molecule has 1 aliphatic heterocycles. The van der Waals surface area contributed by atoms with E-state index >= 15 is 0 Å². The molecule has 3 unspecified atom stereocenters. The first-order valence-corrected chi connectivity index (χ1v) is 12.1. The average Bonchev–Trinajstić information content (AvgIpc) is 3.15. The molecule has 2 aromatic rings. The quantitative estimate of drug-likeness (QED) is 0.342. The van der Waals surface area contributed by atoms with Crippen LogP contribution in [-0.2, 0) is 25.3 Å². The van der Waals surface area contributed by atoms with Gasteiger partial charge in [-0.3, -0.25) is 4.79 Å². The van der Waals surface area contributed by atoms with Gasteiger partial charge in [-0.05, 0) is 43.0 Å². The minimum Gasteiger partial charge on any atom is -0.436 e. The number of esters is 1. The first kappa shape index (κ1) is 22.7. The Kier molecular flexibility index (Phi) is 7.81. The van der Waals surface area contributed by atoms with Gasteiger partial charge in [0.25, 0.3) is 0 Å². The molecule has 0 amide bonds. The molecule has 1 heterocycles. The molecule has 6 nitrogen and oxygen atoms in total. The highest BCUT2D eigenvalue weighted by Gasteiger charge is 2.34. The van der Waals surface area contributed by atoms with Gasteiger partial charge in [0.05, 0.1) is 17.3 Å². The molecule has 30 heavy (non-hydrogen) atoms.